The zero-order chi connectivity index (χ0) is 22.8. The summed E-state index contributed by atoms with van der Waals surface area (Å²) in [5.74, 6) is 0. The van der Waals surface area contributed by atoms with Gasteiger partial charge in [0, 0.05) is 29.9 Å². The van der Waals surface area contributed by atoms with Gasteiger partial charge in [0.2, 0.25) is 0 Å². The first-order chi connectivity index (χ1) is 14.5. The lowest BCUT2D eigenvalue weighted by Crippen LogP contribution is -2.36. The van der Waals surface area contributed by atoms with Crippen molar-refractivity contribution in [1.82, 2.24) is 13.9 Å². The molecular formula is C21H22N4O4S2. The topological polar surface area (TPSA) is 116 Å². The van der Waals surface area contributed by atoms with Gasteiger partial charge in [-0.15, -0.1) is 0 Å². The molecule has 3 aromatic rings. The molecule has 0 unspecified atom stereocenters. The van der Waals surface area contributed by atoms with Gasteiger partial charge in [-0.3, -0.25) is 0 Å². The molecule has 3 rings (SSSR count). The van der Waals surface area contributed by atoms with E-state index in [2.05, 4.69) is 4.98 Å². The van der Waals surface area contributed by atoms with Crippen molar-refractivity contribution in [2.75, 3.05) is 6.54 Å². The van der Waals surface area contributed by atoms with Crippen LogP contribution in [0.15, 0.2) is 52.3 Å². The van der Waals surface area contributed by atoms with Crippen molar-refractivity contribution in [1.29, 1.82) is 5.26 Å². The number of nitrogens with zero attached hydrogens (tertiary/aromatic N) is 4. The summed E-state index contributed by atoms with van der Waals surface area (Å²) in [6.07, 6.45) is 1.78. The maximum atomic E-state index is 13.3. The Balaban J connectivity index is 2.15. The lowest BCUT2D eigenvalue weighted by atomic mass is 9.96. The highest BCUT2D eigenvalue weighted by Crippen LogP contribution is 2.30. The highest BCUT2D eigenvalue weighted by Gasteiger charge is 2.26. The van der Waals surface area contributed by atoms with Gasteiger partial charge >= 0.3 is 6.09 Å². The van der Waals surface area contributed by atoms with Gasteiger partial charge < -0.3 is 10.0 Å². The molecule has 0 aliphatic heterocycles. The van der Waals surface area contributed by atoms with Crippen LogP contribution in [0.1, 0.15) is 32.0 Å². The molecule has 0 aliphatic carbocycles. The number of carboxylic acid groups (broad SMARTS) is 1. The fourth-order valence-electron chi connectivity index (χ4n) is 3.18. The van der Waals surface area contributed by atoms with Crippen LogP contribution in [-0.4, -0.2) is 40.0 Å². The maximum Gasteiger partial charge on any atom is 0.407 e. The van der Waals surface area contributed by atoms with Crippen molar-refractivity contribution in [3.8, 4) is 17.3 Å². The largest absolute Gasteiger partial charge is 0.465 e. The molecule has 31 heavy (non-hydrogen) atoms. The summed E-state index contributed by atoms with van der Waals surface area (Å²) < 4.78 is 27.7. The van der Waals surface area contributed by atoms with Gasteiger partial charge in [-0.1, -0.05) is 20.8 Å². The molecule has 3 aromatic heterocycles. The van der Waals surface area contributed by atoms with Crippen molar-refractivity contribution >= 4 is 27.5 Å². The van der Waals surface area contributed by atoms with Crippen molar-refractivity contribution < 1.29 is 18.3 Å². The molecule has 8 nitrogen and oxygen atoms in total. The van der Waals surface area contributed by atoms with Gasteiger partial charge in [0.25, 0.3) is 10.0 Å². The molecule has 0 fully saturated rings. The fraction of sp³-hybridized carbons (Fsp3) is 0.286. The third-order valence-electron chi connectivity index (χ3n) is 4.39. The third-order valence-corrected chi connectivity index (χ3v) is 6.90. The molecular weight excluding hydrogens is 436 g/mol. The lowest BCUT2D eigenvalue weighted by Gasteiger charge is -2.27. The van der Waals surface area contributed by atoms with E-state index in [4.69, 9.17) is 0 Å². The summed E-state index contributed by atoms with van der Waals surface area (Å²) in [6, 6.07) is 8.32. The quantitative estimate of drug-likeness (QED) is 0.590. The molecule has 0 atom stereocenters. The number of aromatic nitrogens is 2. The summed E-state index contributed by atoms with van der Waals surface area (Å²) in [6.45, 7) is 6.06. The Morgan fingerprint density at radius 1 is 1.35 bits per heavy atom. The summed E-state index contributed by atoms with van der Waals surface area (Å²) in [5.41, 5.74) is 0.913. The molecule has 162 valence electrons. The van der Waals surface area contributed by atoms with Crippen LogP contribution >= 0.6 is 11.3 Å². The molecule has 1 N–H and O–H groups in total. The molecule has 0 saturated carbocycles. The Hall–Kier alpha value is -3.16. The number of nitriles is 1. The Morgan fingerprint density at radius 3 is 2.68 bits per heavy atom. The molecule has 0 saturated heterocycles. The van der Waals surface area contributed by atoms with E-state index in [1.807, 2.05) is 26.8 Å². The number of thiophene rings is 1. The van der Waals surface area contributed by atoms with Crippen molar-refractivity contribution in [3.05, 3.63) is 58.7 Å². The van der Waals surface area contributed by atoms with Gasteiger partial charge in [0.15, 0.2) is 0 Å². The first-order valence-electron chi connectivity index (χ1n) is 9.35. The highest BCUT2D eigenvalue weighted by atomic mass is 32.2. The summed E-state index contributed by atoms with van der Waals surface area (Å²) in [4.78, 5) is 17.2. The van der Waals surface area contributed by atoms with Gasteiger partial charge in [-0.25, -0.2) is 22.2 Å². The van der Waals surface area contributed by atoms with Gasteiger partial charge in [-0.05, 0) is 40.6 Å². The average Bonchev–Trinajstić information content (AvgIpc) is 3.37. The minimum atomic E-state index is -3.95. The summed E-state index contributed by atoms with van der Waals surface area (Å²) >= 11 is 1.26. The zero-order valence-corrected chi connectivity index (χ0v) is 18.9. The van der Waals surface area contributed by atoms with E-state index in [1.54, 1.807) is 23.6 Å². The minimum Gasteiger partial charge on any atom is -0.465 e. The van der Waals surface area contributed by atoms with Crippen molar-refractivity contribution in [3.63, 3.8) is 0 Å². The summed E-state index contributed by atoms with van der Waals surface area (Å²) in [7, 11) is -3.95. The second kappa shape index (κ2) is 8.53. The Kier molecular flexibility index (Phi) is 6.20. The zero-order valence-electron chi connectivity index (χ0n) is 17.3. The Morgan fingerprint density at radius 2 is 2.10 bits per heavy atom. The van der Waals surface area contributed by atoms with Crippen molar-refractivity contribution in [2.45, 2.75) is 32.2 Å². The molecule has 0 bridgehead atoms. The van der Waals surface area contributed by atoms with E-state index in [0.29, 0.717) is 11.1 Å². The molecule has 0 spiro atoms. The van der Waals surface area contributed by atoms with Crippen LogP contribution in [-0.2, 0) is 16.6 Å². The number of rotatable bonds is 6. The number of carbonyl (C=O) groups is 1. The first kappa shape index (κ1) is 22.5. The Bertz CT molecular complexity index is 1230. The smallest absolute Gasteiger partial charge is 0.407 e. The molecule has 3 heterocycles. The van der Waals surface area contributed by atoms with Crippen LogP contribution in [0.4, 0.5) is 4.79 Å². The predicted octanol–water partition coefficient (Wildman–Crippen LogP) is 4.25. The van der Waals surface area contributed by atoms with Gasteiger partial charge in [-0.2, -0.15) is 16.6 Å². The number of amides is 1. The van der Waals surface area contributed by atoms with Crippen LogP contribution in [0.5, 0.6) is 0 Å². The van der Waals surface area contributed by atoms with Gasteiger partial charge in [0.05, 0.1) is 17.1 Å². The van der Waals surface area contributed by atoms with Crippen LogP contribution in [0, 0.1) is 16.7 Å². The highest BCUT2D eigenvalue weighted by molar-refractivity contribution is 7.90. The number of hydrogen-bond acceptors (Lipinski definition) is 6. The standard InChI is InChI=1S/C21H22N4O4S2/c1-21(2,3)14-24(20(26)27)11-15-9-19(17-5-4-7-23-18(17)10-22)25(12-15)31(28,29)16-6-8-30-13-16/h4-9,12-13H,11,14H2,1-3H3,(H,26,27). The maximum absolute atomic E-state index is 13.3. The number of pyridine rings is 1. The first-order valence-corrected chi connectivity index (χ1v) is 11.7. The van der Waals surface area contributed by atoms with E-state index >= 15 is 0 Å². The predicted molar refractivity (Wildman–Crippen MR) is 117 cm³/mol. The molecule has 1 amide bonds. The lowest BCUT2D eigenvalue weighted by molar-refractivity contribution is 0.123. The molecule has 0 radical (unpaired) electrons. The second-order valence-corrected chi connectivity index (χ2v) is 10.8. The summed E-state index contributed by atoms with van der Waals surface area (Å²) in [5, 5.41) is 22.3. The monoisotopic (exact) mass is 458 g/mol. The molecule has 0 aromatic carbocycles. The van der Waals surface area contributed by atoms with Crippen LogP contribution in [0.2, 0.25) is 0 Å². The Labute approximate surface area is 185 Å². The van der Waals surface area contributed by atoms with E-state index in [1.165, 1.54) is 40.1 Å². The third kappa shape index (κ3) is 4.95. The minimum absolute atomic E-state index is 0.00785. The second-order valence-electron chi connectivity index (χ2n) is 8.20. The van der Waals surface area contributed by atoms with Crippen LogP contribution in [0.25, 0.3) is 11.3 Å². The van der Waals surface area contributed by atoms with Gasteiger partial charge in [0.1, 0.15) is 11.8 Å². The van der Waals surface area contributed by atoms with Crippen molar-refractivity contribution in [2.24, 2.45) is 5.41 Å². The van der Waals surface area contributed by atoms with Crippen LogP contribution in [0.3, 0.4) is 0 Å². The fourth-order valence-corrected chi connectivity index (χ4v) is 5.58. The van der Waals surface area contributed by atoms with E-state index < -0.39 is 16.1 Å². The number of hydrogen-bond donors (Lipinski definition) is 1. The molecule has 10 heteroatoms. The molecule has 0 aliphatic rings. The SMILES string of the molecule is CC(C)(C)CN(Cc1cc(-c2cccnc2C#N)n(S(=O)(=O)c2ccsc2)c1)C(=O)O. The normalized spacial score (nSPS) is 11.8. The van der Waals surface area contributed by atoms with E-state index in [9.17, 15) is 23.6 Å². The van der Waals surface area contributed by atoms with E-state index in [0.717, 1.165) is 3.97 Å². The van der Waals surface area contributed by atoms with E-state index in [-0.39, 0.29) is 34.8 Å². The van der Waals surface area contributed by atoms with Crippen LogP contribution < -0.4 is 0 Å². The average molecular weight is 459 g/mol.